The second kappa shape index (κ2) is 6.83. The Hall–Kier alpha value is -1.44. The average molecular weight is 316 g/mol. The molecule has 0 fully saturated rings. The summed E-state index contributed by atoms with van der Waals surface area (Å²) in [5.41, 5.74) is 8.36. The maximum Gasteiger partial charge on any atom is 0.275 e. The lowest BCUT2D eigenvalue weighted by atomic mass is 10.3. The van der Waals surface area contributed by atoms with Crippen LogP contribution in [-0.2, 0) is 13.5 Å². The summed E-state index contributed by atoms with van der Waals surface area (Å²) in [6.07, 6.45) is 0.697. The van der Waals surface area contributed by atoms with Crippen molar-refractivity contribution in [3.8, 4) is 0 Å². The van der Waals surface area contributed by atoms with Crippen molar-refractivity contribution in [3.63, 3.8) is 0 Å². The lowest BCUT2D eigenvalue weighted by molar-refractivity contribution is 0.102. The Kier molecular flexibility index (Phi) is 5.67. The quantitative estimate of drug-likeness (QED) is 0.898. The second-order valence-corrected chi connectivity index (χ2v) is 5.23. The largest absolute Gasteiger partial charge is 0.330 e. The molecule has 0 saturated carbocycles. The number of carbonyl (C=O) groups is 1. The number of aromatic nitrogens is 3. The van der Waals surface area contributed by atoms with E-state index in [0.717, 1.165) is 22.1 Å². The van der Waals surface area contributed by atoms with E-state index in [4.69, 9.17) is 5.73 Å². The summed E-state index contributed by atoms with van der Waals surface area (Å²) in [7, 11) is 1.85. The van der Waals surface area contributed by atoms with Crippen molar-refractivity contribution in [1.29, 1.82) is 0 Å². The molecule has 0 spiro atoms. The van der Waals surface area contributed by atoms with Crippen LogP contribution in [0.3, 0.4) is 0 Å². The second-order valence-electron chi connectivity index (χ2n) is 4.29. The Morgan fingerprint density at radius 2 is 2.20 bits per heavy atom. The van der Waals surface area contributed by atoms with Crippen molar-refractivity contribution in [2.75, 3.05) is 11.9 Å². The van der Waals surface area contributed by atoms with Crippen LogP contribution in [0.1, 0.15) is 26.9 Å². The summed E-state index contributed by atoms with van der Waals surface area (Å²) in [6, 6.07) is 0. The number of halogens is 1. The third kappa shape index (κ3) is 3.36. The maximum absolute atomic E-state index is 12.1. The van der Waals surface area contributed by atoms with Crippen molar-refractivity contribution in [2.45, 2.75) is 20.3 Å². The van der Waals surface area contributed by atoms with E-state index in [1.54, 1.807) is 10.1 Å². The van der Waals surface area contributed by atoms with Gasteiger partial charge in [-0.25, -0.2) is 4.98 Å². The SMILES string of the molecule is Cc1nn(C)c(C)c1NC(=O)c1csc(CCN)n1.Cl. The Balaban J connectivity index is 0.00000200. The van der Waals surface area contributed by atoms with E-state index in [1.165, 1.54) is 11.3 Å². The fourth-order valence-corrected chi connectivity index (χ4v) is 2.58. The van der Waals surface area contributed by atoms with Crippen molar-refractivity contribution in [2.24, 2.45) is 12.8 Å². The highest BCUT2D eigenvalue weighted by Crippen LogP contribution is 2.19. The molecule has 0 aliphatic heterocycles. The third-order valence-corrected chi connectivity index (χ3v) is 3.80. The zero-order valence-electron chi connectivity index (χ0n) is 11.6. The zero-order chi connectivity index (χ0) is 14.0. The van der Waals surface area contributed by atoms with Gasteiger partial charge in [0.25, 0.3) is 5.91 Å². The molecule has 20 heavy (non-hydrogen) atoms. The number of rotatable bonds is 4. The molecule has 0 saturated heterocycles. The van der Waals surface area contributed by atoms with Crippen molar-refractivity contribution < 1.29 is 4.79 Å². The first kappa shape index (κ1) is 16.6. The Labute approximate surface area is 127 Å². The van der Waals surface area contributed by atoms with E-state index < -0.39 is 0 Å². The highest BCUT2D eigenvalue weighted by atomic mass is 35.5. The van der Waals surface area contributed by atoms with Gasteiger partial charge in [-0.3, -0.25) is 9.48 Å². The van der Waals surface area contributed by atoms with Crippen LogP contribution in [0.2, 0.25) is 0 Å². The van der Waals surface area contributed by atoms with Gasteiger partial charge in [-0.1, -0.05) is 0 Å². The minimum absolute atomic E-state index is 0. The van der Waals surface area contributed by atoms with Gasteiger partial charge in [-0.2, -0.15) is 5.10 Å². The molecular formula is C12H18ClN5OS. The van der Waals surface area contributed by atoms with Crippen molar-refractivity contribution in [1.82, 2.24) is 14.8 Å². The zero-order valence-corrected chi connectivity index (χ0v) is 13.3. The van der Waals surface area contributed by atoms with E-state index >= 15 is 0 Å². The number of hydrogen-bond donors (Lipinski definition) is 2. The molecule has 3 N–H and O–H groups in total. The molecule has 2 aromatic heterocycles. The molecule has 8 heteroatoms. The topological polar surface area (TPSA) is 85.8 Å². The van der Waals surface area contributed by atoms with Gasteiger partial charge < -0.3 is 11.1 Å². The smallest absolute Gasteiger partial charge is 0.275 e. The van der Waals surface area contributed by atoms with E-state index in [-0.39, 0.29) is 18.3 Å². The van der Waals surface area contributed by atoms with Gasteiger partial charge >= 0.3 is 0 Å². The first-order valence-electron chi connectivity index (χ1n) is 5.99. The predicted octanol–water partition coefficient (Wildman–Crippen LogP) is 1.67. The number of nitrogens with one attached hydrogen (secondary N) is 1. The fraction of sp³-hybridized carbons (Fsp3) is 0.417. The van der Waals surface area contributed by atoms with Crippen LogP contribution in [0, 0.1) is 13.8 Å². The summed E-state index contributed by atoms with van der Waals surface area (Å²) in [5, 5.41) is 9.75. The maximum atomic E-state index is 12.1. The monoisotopic (exact) mass is 315 g/mol. The van der Waals surface area contributed by atoms with Crippen LogP contribution < -0.4 is 11.1 Å². The molecule has 0 unspecified atom stereocenters. The number of carbonyl (C=O) groups excluding carboxylic acids is 1. The molecule has 0 aliphatic carbocycles. The van der Waals surface area contributed by atoms with Gasteiger partial charge in [0.2, 0.25) is 0 Å². The molecule has 1 amide bonds. The number of hydrogen-bond acceptors (Lipinski definition) is 5. The van der Waals surface area contributed by atoms with Crippen LogP contribution in [-0.4, -0.2) is 27.2 Å². The van der Waals surface area contributed by atoms with Crippen LogP contribution in [0.15, 0.2) is 5.38 Å². The molecular weight excluding hydrogens is 298 g/mol. The van der Waals surface area contributed by atoms with Gasteiger partial charge in [0.15, 0.2) is 0 Å². The minimum atomic E-state index is -0.210. The van der Waals surface area contributed by atoms with Crippen LogP contribution in [0.25, 0.3) is 0 Å². The molecule has 2 heterocycles. The Bertz CT molecular complexity index is 607. The number of aryl methyl sites for hydroxylation is 2. The standard InChI is InChI=1S/C12H17N5OS.ClH/c1-7-11(8(2)17(3)16-7)15-12(18)9-6-19-10(14-9)4-5-13;/h6H,4-5,13H2,1-3H3,(H,15,18);1H. The first-order chi connectivity index (χ1) is 9.02. The van der Waals surface area contributed by atoms with Crippen molar-refractivity contribution in [3.05, 3.63) is 27.5 Å². The Morgan fingerprint density at radius 3 is 2.75 bits per heavy atom. The van der Waals surface area contributed by atoms with Gasteiger partial charge in [0.1, 0.15) is 5.69 Å². The number of amides is 1. The molecule has 0 bridgehead atoms. The summed E-state index contributed by atoms with van der Waals surface area (Å²) in [5.74, 6) is -0.210. The highest BCUT2D eigenvalue weighted by molar-refractivity contribution is 7.09. The number of anilines is 1. The lowest BCUT2D eigenvalue weighted by Crippen LogP contribution is -2.14. The minimum Gasteiger partial charge on any atom is -0.330 e. The van der Waals surface area contributed by atoms with Gasteiger partial charge in [-0.15, -0.1) is 23.7 Å². The molecule has 2 rings (SSSR count). The predicted molar refractivity (Wildman–Crippen MR) is 82.8 cm³/mol. The van der Waals surface area contributed by atoms with E-state index in [9.17, 15) is 4.79 Å². The van der Waals surface area contributed by atoms with Gasteiger partial charge in [-0.05, 0) is 20.4 Å². The molecule has 0 aliphatic rings. The van der Waals surface area contributed by atoms with E-state index in [1.807, 2.05) is 20.9 Å². The van der Waals surface area contributed by atoms with E-state index in [2.05, 4.69) is 15.4 Å². The van der Waals surface area contributed by atoms with Crippen LogP contribution >= 0.6 is 23.7 Å². The van der Waals surface area contributed by atoms with E-state index in [0.29, 0.717) is 18.7 Å². The summed E-state index contributed by atoms with van der Waals surface area (Å²) in [6.45, 7) is 4.31. The van der Waals surface area contributed by atoms with Gasteiger partial charge in [0.05, 0.1) is 22.1 Å². The molecule has 0 radical (unpaired) electrons. The average Bonchev–Trinajstić information content (AvgIpc) is 2.91. The fourth-order valence-electron chi connectivity index (χ4n) is 1.79. The molecule has 2 aromatic rings. The van der Waals surface area contributed by atoms with Crippen molar-refractivity contribution >= 4 is 35.3 Å². The summed E-state index contributed by atoms with van der Waals surface area (Å²) < 4.78 is 1.74. The molecule has 0 atom stereocenters. The molecule has 6 nitrogen and oxygen atoms in total. The third-order valence-electron chi connectivity index (χ3n) is 2.89. The van der Waals surface area contributed by atoms with Gasteiger partial charge in [0, 0.05) is 18.8 Å². The number of nitrogens with zero attached hydrogens (tertiary/aromatic N) is 3. The molecule has 0 aromatic carbocycles. The lowest BCUT2D eigenvalue weighted by Gasteiger charge is -2.03. The number of thiazole rings is 1. The van der Waals surface area contributed by atoms with Crippen LogP contribution in [0.4, 0.5) is 5.69 Å². The highest BCUT2D eigenvalue weighted by Gasteiger charge is 2.15. The number of nitrogens with two attached hydrogens (primary N) is 1. The molecule has 110 valence electrons. The summed E-state index contributed by atoms with van der Waals surface area (Å²) in [4.78, 5) is 16.4. The normalized spacial score (nSPS) is 10.2. The summed E-state index contributed by atoms with van der Waals surface area (Å²) >= 11 is 1.45. The first-order valence-corrected chi connectivity index (χ1v) is 6.87. The Morgan fingerprint density at radius 1 is 1.50 bits per heavy atom. The van der Waals surface area contributed by atoms with Crippen LogP contribution in [0.5, 0.6) is 0 Å².